The second kappa shape index (κ2) is 3.71. The lowest BCUT2D eigenvalue weighted by molar-refractivity contribution is -0.134. The number of aliphatic carboxylic acids is 1. The summed E-state index contributed by atoms with van der Waals surface area (Å²) in [7, 11) is 4.86. The van der Waals surface area contributed by atoms with Gasteiger partial charge in [-0.05, 0) is 0 Å². The third kappa shape index (κ3) is 2.91. The van der Waals surface area contributed by atoms with E-state index in [4.69, 9.17) is 13.0 Å². The Bertz CT molecular complexity index is 187. The van der Waals surface area contributed by atoms with E-state index in [1.165, 1.54) is 6.92 Å². The first-order valence-electron chi connectivity index (χ1n) is 2.50. The van der Waals surface area contributed by atoms with Crippen molar-refractivity contribution in [2.75, 3.05) is 0 Å². The molecule has 52 valence electrons. The number of rotatable bonds is 2. The topological polar surface area (TPSA) is 66.4 Å². The van der Waals surface area contributed by atoms with E-state index in [-0.39, 0.29) is 5.70 Å². The smallest absolute Gasteiger partial charge is 0.351 e. The van der Waals surface area contributed by atoms with Gasteiger partial charge in [0.1, 0.15) is 13.5 Å². The number of nitrogens with one attached hydrogen (secondary N) is 1. The number of hydrogen-bond acceptors (Lipinski definition) is 2. The Morgan fingerprint density at radius 2 is 2.10 bits per heavy atom. The van der Waals surface area contributed by atoms with E-state index < -0.39 is 11.9 Å². The lowest BCUT2D eigenvalue weighted by Gasteiger charge is -1.99. The average Bonchev–Trinajstić information content (AvgIpc) is 1.81. The summed E-state index contributed by atoms with van der Waals surface area (Å²) in [6, 6.07) is 0. The molecule has 2 N–H and O–H groups in total. The van der Waals surface area contributed by atoms with Crippen molar-refractivity contribution in [1.29, 1.82) is 0 Å². The van der Waals surface area contributed by atoms with E-state index in [1.807, 2.05) is 5.32 Å². The minimum atomic E-state index is -1.25. The van der Waals surface area contributed by atoms with E-state index in [0.717, 1.165) is 5.98 Å². The first-order chi connectivity index (χ1) is 4.57. The Hall–Kier alpha value is -1.26. The van der Waals surface area contributed by atoms with Crippen molar-refractivity contribution in [3.63, 3.8) is 0 Å². The van der Waals surface area contributed by atoms with Crippen molar-refractivity contribution < 1.29 is 14.7 Å². The molecule has 0 spiro atoms. The largest absolute Gasteiger partial charge is 0.477 e. The van der Waals surface area contributed by atoms with Crippen molar-refractivity contribution in [3.8, 4) is 0 Å². The fourth-order valence-electron chi connectivity index (χ4n) is 0.356. The third-order valence-electron chi connectivity index (χ3n) is 0.708. The number of amides is 1. The van der Waals surface area contributed by atoms with Crippen molar-refractivity contribution >= 4 is 19.7 Å². The van der Waals surface area contributed by atoms with Crippen molar-refractivity contribution in [2.45, 2.75) is 6.92 Å². The summed E-state index contributed by atoms with van der Waals surface area (Å²) in [5.74, 6) is -0.888. The molecule has 0 rings (SSSR count). The molecule has 0 unspecified atom stereocenters. The summed E-state index contributed by atoms with van der Waals surface area (Å²) in [5, 5.41) is 10.3. The van der Waals surface area contributed by atoms with Gasteiger partial charge in [-0.1, -0.05) is 0 Å². The van der Waals surface area contributed by atoms with Crippen LogP contribution in [0, 0.1) is 0 Å². The van der Waals surface area contributed by atoms with Crippen molar-refractivity contribution in [3.05, 3.63) is 11.7 Å². The SMILES string of the molecule is [B]/C=C(/NC(C)=O)C(=O)O. The summed E-state index contributed by atoms with van der Waals surface area (Å²) < 4.78 is 0. The molecule has 0 bridgehead atoms. The molecule has 10 heavy (non-hydrogen) atoms. The molecule has 0 saturated heterocycles. The maximum atomic E-state index is 10.2. The second-order valence-corrected chi connectivity index (χ2v) is 1.57. The van der Waals surface area contributed by atoms with Crippen LogP contribution < -0.4 is 5.32 Å². The maximum Gasteiger partial charge on any atom is 0.351 e. The van der Waals surface area contributed by atoms with Gasteiger partial charge in [0, 0.05) is 6.92 Å². The highest BCUT2D eigenvalue weighted by Crippen LogP contribution is 1.85. The van der Waals surface area contributed by atoms with Crippen LogP contribution in [0.15, 0.2) is 11.7 Å². The zero-order chi connectivity index (χ0) is 8.15. The quantitative estimate of drug-likeness (QED) is 0.389. The lowest BCUT2D eigenvalue weighted by atomic mass is 10.1. The minimum Gasteiger partial charge on any atom is -0.477 e. The number of carbonyl (C=O) groups is 2. The Morgan fingerprint density at radius 3 is 2.20 bits per heavy atom. The Balaban J connectivity index is 4.12. The molecule has 0 aromatic heterocycles. The van der Waals surface area contributed by atoms with Gasteiger partial charge in [0.15, 0.2) is 0 Å². The lowest BCUT2D eigenvalue weighted by Crippen LogP contribution is -2.24. The fraction of sp³-hybridized carbons (Fsp3) is 0.200. The Morgan fingerprint density at radius 1 is 1.60 bits per heavy atom. The first kappa shape index (κ1) is 8.74. The van der Waals surface area contributed by atoms with Crippen LogP contribution in [-0.2, 0) is 9.59 Å². The summed E-state index contributed by atoms with van der Waals surface area (Å²) in [6.45, 7) is 1.20. The highest BCUT2D eigenvalue weighted by Gasteiger charge is 2.04. The molecule has 0 saturated carbocycles. The van der Waals surface area contributed by atoms with Gasteiger partial charge in [-0.3, -0.25) is 4.79 Å². The van der Waals surface area contributed by atoms with Gasteiger partial charge in [0.05, 0.1) is 0 Å². The van der Waals surface area contributed by atoms with Crippen LogP contribution in [0.2, 0.25) is 0 Å². The summed E-state index contributed by atoms with van der Waals surface area (Å²) in [5.41, 5.74) is -0.312. The predicted molar refractivity (Wildman–Crippen MR) is 35.3 cm³/mol. The zero-order valence-electron chi connectivity index (χ0n) is 5.42. The molecular formula is C5H6BNO3. The molecule has 0 aliphatic heterocycles. The minimum absolute atomic E-state index is 0.312. The average molecular weight is 139 g/mol. The molecule has 0 aromatic carbocycles. The molecule has 0 atom stereocenters. The molecular weight excluding hydrogens is 133 g/mol. The van der Waals surface area contributed by atoms with Gasteiger partial charge in [-0.2, -0.15) is 0 Å². The van der Waals surface area contributed by atoms with E-state index in [9.17, 15) is 9.59 Å². The van der Waals surface area contributed by atoms with Gasteiger partial charge in [-0.15, -0.1) is 5.98 Å². The van der Waals surface area contributed by atoms with Gasteiger partial charge in [0.2, 0.25) is 5.91 Å². The monoisotopic (exact) mass is 139 g/mol. The van der Waals surface area contributed by atoms with Crippen LogP contribution in [0.4, 0.5) is 0 Å². The van der Waals surface area contributed by atoms with E-state index in [0.29, 0.717) is 0 Å². The normalized spacial score (nSPS) is 10.7. The van der Waals surface area contributed by atoms with Crippen LogP contribution in [0.25, 0.3) is 0 Å². The van der Waals surface area contributed by atoms with E-state index in [2.05, 4.69) is 0 Å². The van der Waals surface area contributed by atoms with Crippen molar-refractivity contribution in [2.24, 2.45) is 0 Å². The molecule has 0 aromatic rings. The van der Waals surface area contributed by atoms with Crippen LogP contribution in [0.1, 0.15) is 6.92 Å². The summed E-state index contributed by atoms with van der Waals surface area (Å²) in [4.78, 5) is 20.3. The van der Waals surface area contributed by atoms with Crippen LogP contribution in [0.5, 0.6) is 0 Å². The number of carboxylic acids is 1. The Kier molecular flexibility index (Phi) is 3.24. The highest BCUT2D eigenvalue weighted by atomic mass is 16.4. The van der Waals surface area contributed by atoms with Crippen LogP contribution in [0.3, 0.4) is 0 Å². The van der Waals surface area contributed by atoms with E-state index >= 15 is 0 Å². The fourth-order valence-corrected chi connectivity index (χ4v) is 0.356. The molecule has 2 radical (unpaired) electrons. The molecule has 0 heterocycles. The van der Waals surface area contributed by atoms with Crippen molar-refractivity contribution in [1.82, 2.24) is 5.32 Å². The van der Waals surface area contributed by atoms with Gasteiger partial charge >= 0.3 is 5.97 Å². The van der Waals surface area contributed by atoms with Gasteiger partial charge in [0.25, 0.3) is 0 Å². The molecule has 0 aliphatic carbocycles. The molecule has 4 nitrogen and oxygen atoms in total. The Labute approximate surface area is 59.3 Å². The van der Waals surface area contributed by atoms with Gasteiger partial charge in [-0.25, -0.2) is 4.79 Å². The second-order valence-electron chi connectivity index (χ2n) is 1.57. The highest BCUT2D eigenvalue weighted by molar-refractivity contribution is 6.20. The van der Waals surface area contributed by atoms with Crippen LogP contribution in [-0.4, -0.2) is 24.8 Å². The number of carbonyl (C=O) groups excluding carboxylic acids is 1. The maximum absolute atomic E-state index is 10.2. The predicted octanol–water partition coefficient (Wildman–Crippen LogP) is -0.783. The summed E-state index contributed by atoms with van der Waals surface area (Å²) >= 11 is 0. The molecule has 0 fully saturated rings. The number of carboxylic acid groups (broad SMARTS) is 1. The molecule has 1 amide bonds. The first-order valence-corrected chi connectivity index (χ1v) is 2.50. The molecule has 0 aliphatic rings. The molecule has 5 heteroatoms. The zero-order valence-corrected chi connectivity index (χ0v) is 5.42. The summed E-state index contributed by atoms with van der Waals surface area (Å²) in [6.07, 6.45) is 0. The standard InChI is InChI=1S/C5H6BNO3/c1-3(8)7-4(2-6)5(9)10/h2H,1H3,(H,7,8)(H,9,10)/b4-2+. The number of hydrogen-bond donors (Lipinski definition) is 2. The third-order valence-corrected chi connectivity index (χ3v) is 0.708. The van der Waals surface area contributed by atoms with Crippen LogP contribution >= 0.6 is 0 Å². The van der Waals surface area contributed by atoms with E-state index in [1.54, 1.807) is 0 Å². The van der Waals surface area contributed by atoms with Gasteiger partial charge < -0.3 is 10.4 Å².